The van der Waals surface area contributed by atoms with E-state index in [1.165, 1.54) is 11.1 Å². The fraction of sp³-hybridized carbons (Fsp3) is 0.292. The van der Waals surface area contributed by atoms with Gasteiger partial charge in [-0.2, -0.15) is 4.98 Å². The van der Waals surface area contributed by atoms with Crippen LogP contribution >= 0.6 is 11.6 Å². The molecule has 0 saturated carbocycles. The van der Waals surface area contributed by atoms with E-state index in [0.29, 0.717) is 42.7 Å². The van der Waals surface area contributed by atoms with Crippen LogP contribution in [0.2, 0.25) is 5.02 Å². The van der Waals surface area contributed by atoms with Crippen molar-refractivity contribution in [1.29, 1.82) is 0 Å². The Morgan fingerprint density at radius 3 is 2.65 bits per heavy atom. The molecule has 0 aliphatic carbocycles. The topological polar surface area (TPSA) is 70.2 Å². The van der Waals surface area contributed by atoms with Crippen LogP contribution in [0, 0.1) is 13.8 Å². The lowest BCUT2D eigenvalue weighted by Crippen LogP contribution is -2.04. The maximum absolute atomic E-state index is 11.7. The quantitative estimate of drug-likeness (QED) is 0.340. The van der Waals surface area contributed by atoms with Gasteiger partial charge in [0.2, 0.25) is 0 Å². The van der Waals surface area contributed by atoms with Crippen LogP contribution in [0.3, 0.4) is 0 Å². The number of nitrogens with zero attached hydrogens (tertiary/aromatic N) is 3. The molecule has 0 fully saturated rings. The number of hydrogen-bond donors (Lipinski definition) is 0. The van der Waals surface area contributed by atoms with E-state index < -0.39 is 0 Å². The van der Waals surface area contributed by atoms with Crippen LogP contribution in [0.5, 0.6) is 0 Å². The first-order valence-electron chi connectivity index (χ1n) is 10.3. The number of fused-ring (bicyclic) bond motifs is 1. The predicted molar refractivity (Wildman–Crippen MR) is 121 cm³/mol. The summed E-state index contributed by atoms with van der Waals surface area (Å²) in [5.74, 6) is 0.508. The van der Waals surface area contributed by atoms with Crippen molar-refractivity contribution in [2.45, 2.75) is 40.0 Å². The van der Waals surface area contributed by atoms with E-state index in [4.69, 9.17) is 25.7 Å². The first-order valence-corrected chi connectivity index (χ1v) is 10.7. The zero-order chi connectivity index (χ0) is 22.0. The Labute approximate surface area is 185 Å². The number of oxazole rings is 1. The molecule has 0 radical (unpaired) electrons. The van der Waals surface area contributed by atoms with Gasteiger partial charge in [0.1, 0.15) is 17.8 Å². The van der Waals surface area contributed by atoms with E-state index in [1.807, 2.05) is 28.8 Å². The highest BCUT2D eigenvalue weighted by atomic mass is 35.5. The van der Waals surface area contributed by atoms with Crippen LogP contribution in [0.25, 0.3) is 28.3 Å². The maximum Gasteiger partial charge on any atom is 0.308 e. The van der Waals surface area contributed by atoms with E-state index in [2.05, 4.69) is 31.0 Å². The van der Waals surface area contributed by atoms with Crippen LogP contribution in [-0.2, 0) is 16.0 Å². The molecule has 31 heavy (non-hydrogen) atoms. The Morgan fingerprint density at radius 2 is 1.90 bits per heavy atom. The number of ether oxygens (including phenoxy) is 1. The summed E-state index contributed by atoms with van der Waals surface area (Å²) in [6.07, 6.45) is 3.23. The number of imidazole rings is 1. The third-order valence-electron chi connectivity index (χ3n) is 5.26. The summed E-state index contributed by atoms with van der Waals surface area (Å²) in [5, 5.41) is 0.655. The molecular formula is C24H24ClN3O3. The second-order valence-corrected chi connectivity index (χ2v) is 7.91. The Kier molecular flexibility index (Phi) is 6.09. The van der Waals surface area contributed by atoms with Gasteiger partial charge in [-0.15, -0.1) is 0 Å². The van der Waals surface area contributed by atoms with E-state index in [1.54, 1.807) is 13.3 Å². The summed E-state index contributed by atoms with van der Waals surface area (Å²) in [5.41, 5.74) is 5.83. The monoisotopic (exact) mass is 437 g/mol. The molecule has 4 rings (SSSR count). The lowest BCUT2D eigenvalue weighted by molar-refractivity contribution is -0.143. The normalized spacial score (nSPS) is 11.2. The predicted octanol–water partition coefficient (Wildman–Crippen LogP) is 5.84. The van der Waals surface area contributed by atoms with Gasteiger partial charge in [0.15, 0.2) is 0 Å². The number of aryl methyl sites for hydroxylation is 3. The number of esters is 1. The van der Waals surface area contributed by atoms with Crippen LogP contribution in [0.15, 0.2) is 47.1 Å². The minimum atomic E-state index is -0.207. The maximum atomic E-state index is 11.7. The van der Waals surface area contributed by atoms with E-state index in [9.17, 15) is 4.79 Å². The number of carbonyl (C=O) groups excluding carboxylic acids is 1. The van der Waals surface area contributed by atoms with E-state index in [0.717, 1.165) is 22.3 Å². The molecule has 4 aromatic rings. The second-order valence-electron chi connectivity index (χ2n) is 7.47. The van der Waals surface area contributed by atoms with Crippen molar-refractivity contribution >= 4 is 28.6 Å². The summed E-state index contributed by atoms with van der Waals surface area (Å²) < 4.78 is 13.1. The second kappa shape index (κ2) is 8.94. The first-order chi connectivity index (χ1) is 15.0. The molecule has 0 aliphatic heterocycles. The smallest absolute Gasteiger partial charge is 0.308 e. The zero-order valence-corrected chi connectivity index (χ0v) is 18.6. The molecule has 0 atom stereocenters. The van der Waals surface area contributed by atoms with Crippen molar-refractivity contribution in [3.05, 3.63) is 64.6 Å². The molecule has 0 aliphatic rings. The molecule has 0 saturated heterocycles. The molecule has 7 heteroatoms. The van der Waals surface area contributed by atoms with Gasteiger partial charge in [0, 0.05) is 23.4 Å². The Bertz CT molecular complexity index is 1230. The van der Waals surface area contributed by atoms with E-state index in [-0.39, 0.29) is 5.97 Å². The minimum absolute atomic E-state index is 0.207. The van der Waals surface area contributed by atoms with Crippen LogP contribution in [-0.4, -0.2) is 27.1 Å². The molecule has 0 amide bonds. The van der Waals surface area contributed by atoms with Gasteiger partial charge in [-0.05, 0) is 62.6 Å². The third kappa shape index (κ3) is 4.49. The fourth-order valence-electron chi connectivity index (χ4n) is 3.49. The molecule has 2 aromatic heterocycles. The molecule has 0 N–H and O–H groups in total. The highest BCUT2D eigenvalue weighted by Crippen LogP contribution is 2.30. The fourth-order valence-corrected chi connectivity index (χ4v) is 3.61. The van der Waals surface area contributed by atoms with Crippen molar-refractivity contribution in [3.63, 3.8) is 0 Å². The van der Waals surface area contributed by atoms with Crippen LogP contribution < -0.4 is 0 Å². The SMILES string of the molecule is CCOC(=O)CCCc1oc(-n2cnc3cc(C)c(C)cc32)nc1-c1ccc(Cl)cc1. The summed E-state index contributed by atoms with van der Waals surface area (Å²) in [7, 11) is 0. The van der Waals surface area contributed by atoms with Gasteiger partial charge in [0.05, 0.1) is 17.6 Å². The Morgan fingerprint density at radius 1 is 1.16 bits per heavy atom. The largest absolute Gasteiger partial charge is 0.466 e. The summed E-state index contributed by atoms with van der Waals surface area (Å²) in [6, 6.07) is 12.1. The lowest BCUT2D eigenvalue weighted by atomic mass is 10.1. The van der Waals surface area contributed by atoms with Crippen molar-refractivity contribution in [2.24, 2.45) is 0 Å². The van der Waals surface area contributed by atoms with E-state index >= 15 is 0 Å². The van der Waals surface area contributed by atoms with Gasteiger partial charge in [0.25, 0.3) is 0 Å². The molecule has 2 heterocycles. The number of aromatic nitrogens is 3. The Balaban J connectivity index is 1.71. The van der Waals surface area contributed by atoms with Crippen molar-refractivity contribution in [3.8, 4) is 17.3 Å². The third-order valence-corrected chi connectivity index (χ3v) is 5.51. The molecule has 0 unspecified atom stereocenters. The molecule has 2 aromatic carbocycles. The van der Waals surface area contributed by atoms with Gasteiger partial charge in [-0.3, -0.25) is 9.36 Å². The van der Waals surface area contributed by atoms with Crippen molar-refractivity contribution in [1.82, 2.24) is 14.5 Å². The molecule has 6 nitrogen and oxygen atoms in total. The summed E-state index contributed by atoms with van der Waals surface area (Å²) in [6.45, 7) is 6.33. The van der Waals surface area contributed by atoms with Gasteiger partial charge < -0.3 is 9.15 Å². The molecular weight excluding hydrogens is 414 g/mol. The van der Waals surface area contributed by atoms with Gasteiger partial charge >= 0.3 is 12.0 Å². The number of carbonyl (C=O) groups is 1. The molecule has 0 bridgehead atoms. The highest BCUT2D eigenvalue weighted by molar-refractivity contribution is 6.30. The van der Waals surface area contributed by atoms with Gasteiger partial charge in [-0.25, -0.2) is 4.98 Å². The summed E-state index contributed by atoms with van der Waals surface area (Å²) >= 11 is 6.06. The first kappa shape index (κ1) is 21.1. The van der Waals surface area contributed by atoms with Gasteiger partial charge in [-0.1, -0.05) is 23.7 Å². The standard InChI is InChI=1S/C24H24ClN3O3/c1-4-30-22(29)7-5-6-21-23(17-8-10-18(25)11-9-17)27-24(31-21)28-14-26-19-12-15(2)16(3)13-20(19)28/h8-14H,4-7H2,1-3H3. The van der Waals surface area contributed by atoms with Crippen molar-refractivity contribution in [2.75, 3.05) is 6.61 Å². The Hall–Kier alpha value is -3.12. The minimum Gasteiger partial charge on any atom is -0.466 e. The summed E-state index contributed by atoms with van der Waals surface area (Å²) in [4.78, 5) is 21.0. The van der Waals surface area contributed by atoms with Crippen molar-refractivity contribution < 1.29 is 13.9 Å². The average Bonchev–Trinajstić information content (AvgIpc) is 3.33. The number of halogens is 1. The van der Waals surface area contributed by atoms with Crippen LogP contribution in [0.4, 0.5) is 0 Å². The number of benzene rings is 2. The number of hydrogen-bond acceptors (Lipinski definition) is 5. The highest BCUT2D eigenvalue weighted by Gasteiger charge is 2.19. The van der Waals surface area contributed by atoms with Crippen LogP contribution in [0.1, 0.15) is 36.7 Å². The number of rotatable bonds is 7. The molecule has 160 valence electrons. The zero-order valence-electron chi connectivity index (χ0n) is 17.8. The average molecular weight is 438 g/mol. The molecule has 0 spiro atoms. The lowest BCUT2D eigenvalue weighted by Gasteiger charge is -2.03.